The summed E-state index contributed by atoms with van der Waals surface area (Å²) in [6.45, 7) is 3.54. The number of carbonyl (C=O) groups is 1. The Bertz CT molecular complexity index is 392. The molecule has 30 heavy (non-hydrogen) atoms. The van der Waals surface area contributed by atoms with E-state index in [-0.39, 0.29) is 0 Å². The predicted molar refractivity (Wildman–Crippen MR) is 132 cm³/mol. The van der Waals surface area contributed by atoms with E-state index in [9.17, 15) is 4.79 Å². The van der Waals surface area contributed by atoms with Crippen LogP contribution in [0.1, 0.15) is 129 Å². The van der Waals surface area contributed by atoms with Gasteiger partial charge in [0.25, 0.3) is 0 Å². The summed E-state index contributed by atoms with van der Waals surface area (Å²) in [7, 11) is 4.40. The quantitative estimate of drug-likeness (QED) is 0.133. The molecule has 0 saturated heterocycles. The first-order chi connectivity index (χ1) is 14.6. The van der Waals surface area contributed by atoms with Gasteiger partial charge in [-0.2, -0.15) is 0 Å². The molecule has 0 rings (SSSR count). The Balaban J connectivity index is 3.54. The first-order valence-electron chi connectivity index (χ1n) is 13.1. The van der Waals surface area contributed by atoms with Gasteiger partial charge in [0, 0.05) is 6.42 Å². The SMILES string of the molecule is CCCCCCC(CCCCCCCC/C=C\CCCCCC(=O)O)CCN(C)C. The molecule has 0 aliphatic carbocycles. The molecule has 0 bridgehead atoms. The number of rotatable bonds is 23. The largest absolute Gasteiger partial charge is 0.481 e. The average molecular weight is 424 g/mol. The summed E-state index contributed by atoms with van der Waals surface area (Å²) >= 11 is 0. The molecule has 3 heteroatoms. The van der Waals surface area contributed by atoms with Gasteiger partial charge in [-0.05, 0) is 65.1 Å². The third kappa shape index (κ3) is 23.4. The van der Waals surface area contributed by atoms with Crippen LogP contribution in [0.2, 0.25) is 0 Å². The number of hydrogen-bond donors (Lipinski definition) is 1. The Kier molecular flexibility index (Phi) is 22.2. The minimum atomic E-state index is -0.669. The monoisotopic (exact) mass is 423 g/mol. The Morgan fingerprint density at radius 3 is 1.77 bits per heavy atom. The summed E-state index contributed by atoms with van der Waals surface area (Å²) in [6, 6.07) is 0. The number of allylic oxidation sites excluding steroid dienone is 2. The Morgan fingerprint density at radius 1 is 0.733 bits per heavy atom. The lowest BCUT2D eigenvalue weighted by molar-refractivity contribution is -0.137. The number of aliphatic carboxylic acids is 1. The van der Waals surface area contributed by atoms with E-state index in [0.29, 0.717) is 6.42 Å². The zero-order chi connectivity index (χ0) is 22.3. The number of nitrogens with zero attached hydrogens (tertiary/aromatic N) is 1. The van der Waals surface area contributed by atoms with Crippen molar-refractivity contribution in [2.45, 2.75) is 129 Å². The van der Waals surface area contributed by atoms with Crippen molar-refractivity contribution in [3.63, 3.8) is 0 Å². The molecule has 0 heterocycles. The molecule has 0 fully saturated rings. The minimum Gasteiger partial charge on any atom is -0.481 e. The maximum atomic E-state index is 10.4. The van der Waals surface area contributed by atoms with Crippen molar-refractivity contribution >= 4 is 5.97 Å². The maximum absolute atomic E-state index is 10.4. The number of carboxylic acids is 1. The lowest BCUT2D eigenvalue weighted by atomic mass is 9.91. The van der Waals surface area contributed by atoms with Gasteiger partial charge in [0.1, 0.15) is 0 Å². The number of unbranched alkanes of at least 4 members (excludes halogenated alkanes) is 12. The summed E-state index contributed by atoms with van der Waals surface area (Å²) in [6.07, 6.45) is 28.4. The fourth-order valence-corrected chi connectivity index (χ4v) is 4.09. The van der Waals surface area contributed by atoms with E-state index in [4.69, 9.17) is 5.11 Å². The average Bonchev–Trinajstić information content (AvgIpc) is 2.71. The fraction of sp³-hybridized carbons (Fsp3) is 0.889. The summed E-state index contributed by atoms with van der Waals surface area (Å²) in [5.74, 6) is 0.274. The van der Waals surface area contributed by atoms with Crippen LogP contribution in [0.4, 0.5) is 0 Å². The smallest absolute Gasteiger partial charge is 0.303 e. The van der Waals surface area contributed by atoms with Gasteiger partial charge in [-0.1, -0.05) is 96.1 Å². The molecule has 0 saturated carbocycles. The highest BCUT2D eigenvalue weighted by atomic mass is 16.4. The molecule has 0 radical (unpaired) electrons. The molecule has 178 valence electrons. The summed E-state index contributed by atoms with van der Waals surface area (Å²) in [5.41, 5.74) is 0. The van der Waals surface area contributed by atoms with Crippen molar-refractivity contribution in [2.75, 3.05) is 20.6 Å². The highest BCUT2D eigenvalue weighted by molar-refractivity contribution is 5.66. The van der Waals surface area contributed by atoms with Crippen LogP contribution in [-0.4, -0.2) is 36.6 Å². The van der Waals surface area contributed by atoms with Crippen LogP contribution in [0.5, 0.6) is 0 Å². The molecule has 0 aliphatic heterocycles. The van der Waals surface area contributed by atoms with Gasteiger partial charge in [0.2, 0.25) is 0 Å². The van der Waals surface area contributed by atoms with Crippen molar-refractivity contribution in [2.24, 2.45) is 5.92 Å². The molecule has 3 nitrogen and oxygen atoms in total. The maximum Gasteiger partial charge on any atom is 0.303 e. The lowest BCUT2D eigenvalue weighted by Crippen LogP contribution is -2.17. The summed E-state index contributed by atoms with van der Waals surface area (Å²) in [5, 5.41) is 8.60. The Morgan fingerprint density at radius 2 is 1.23 bits per heavy atom. The highest BCUT2D eigenvalue weighted by Crippen LogP contribution is 2.22. The Labute approximate surface area is 188 Å². The second-order valence-corrected chi connectivity index (χ2v) is 9.47. The van der Waals surface area contributed by atoms with Gasteiger partial charge in [-0.25, -0.2) is 0 Å². The lowest BCUT2D eigenvalue weighted by Gasteiger charge is -2.19. The van der Waals surface area contributed by atoms with Gasteiger partial charge < -0.3 is 10.0 Å². The van der Waals surface area contributed by atoms with Crippen molar-refractivity contribution in [1.29, 1.82) is 0 Å². The van der Waals surface area contributed by atoms with Gasteiger partial charge in [-0.15, -0.1) is 0 Å². The normalized spacial score (nSPS) is 12.8. The van der Waals surface area contributed by atoms with Crippen LogP contribution in [0.15, 0.2) is 12.2 Å². The highest BCUT2D eigenvalue weighted by Gasteiger charge is 2.09. The summed E-state index contributed by atoms with van der Waals surface area (Å²) in [4.78, 5) is 12.8. The standard InChI is InChI=1S/C27H53NO2/c1-4-5-6-18-21-26(24-25-28(2)3)22-19-16-14-12-10-8-7-9-11-13-15-17-20-23-27(29)30/h9,11,26H,4-8,10,12-25H2,1-3H3,(H,29,30)/b11-9-. The second-order valence-electron chi connectivity index (χ2n) is 9.47. The second kappa shape index (κ2) is 22.8. The number of hydrogen-bond acceptors (Lipinski definition) is 2. The molecule has 0 spiro atoms. The summed E-state index contributed by atoms with van der Waals surface area (Å²) < 4.78 is 0. The van der Waals surface area contributed by atoms with Crippen LogP contribution >= 0.6 is 0 Å². The van der Waals surface area contributed by atoms with Gasteiger partial charge in [0.05, 0.1) is 0 Å². The third-order valence-electron chi connectivity index (χ3n) is 6.11. The van der Waals surface area contributed by atoms with Gasteiger partial charge in [0.15, 0.2) is 0 Å². The molecule has 1 unspecified atom stereocenters. The van der Waals surface area contributed by atoms with E-state index in [2.05, 4.69) is 38.1 Å². The van der Waals surface area contributed by atoms with Crippen LogP contribution in [0.25, 0.3) is 0 Å². The topological polar surface area (TPSA) is 40.5 Å². The first kappa shape index (κ1) is 29.2. The van der Waals surface area contributed by atoms with E-state index in [1.807, 2.05) is 0 Å². The van der Waals surface area contributed by atoms with Crippen molar-refractivity contribution in [1.82, 2.24) is 4.90 Å². The van der Waals surface area contributed by atoms with Gasteiger partial charge in [-0.3, -0.25) is 4.79 Å². The van der Waals surface area contributed by atoms with Crippen LogP contribution in [-0.2, 0) is 4.79 Å². The van der Waals surface area contributed by atoms with Crippen molar-refractivity contribution in [3.8, 4) is 0 Å². The Hall–Kier alpha value is -0.830. The molecular weight excluding hydrogens is 370 g/mol. The molecule has 0 aromatic rings. The van der Waals surface area contributed by atoms with Crippen LogP contribution < -0.4 is 0 Å². The molecule has 1 N–H and O–H groups in total. The van der Waals surface area contributed by atoms with Crippen LogP contribution in [0, 0.1) is 5.92 Å². The van der Waals surface area contributed by atoms with E-state index < -0.39 is 5.97 Å². The molecule has 1 atom stereocenters. The zero-order valence-corrected chi connectivity index (χ0v) is 20.7. The van der Waals surface area contributed by atoms with Crippen LogP contribution in [0.3, 0.4) is 0 Å². The van der Waals surface area contributed by atoms with E-state index in [1.54, 1.807) is 0 Å². The molecule has 0 amide bonds. The van der Waals surface area contributed by atoms with Crippen molar-refractivity contribution < 1.29 is 9.90 Å². The fourth-order valence-electron chi connectivity index (χ4n) is 4.09. The number of carboxylic acid groups (broad SMARTS) is 1. The molecular formula is C27H53NO2. The van der Waals surface area contributed by atoms with Crippen molar-refractivity contribution in [3.05, 3.63) is 12.2 Å². The van der Waals surface area contributed by atoms with Gasteiger partial charge >= 0.3 is 5.97 Å². The third-order valence-corrected chi connectivity index (χ3v) is 6.11. The molecule has 0 aromatic heterocycles. The molecule has 0 aliphatic rings. The van der Waals surface area contributed by atoms with E-state index >= 15 is 0 Å². The van der Waals surface area contributed by atoms with E-state index in [1.165, 1.54) is 96.4 Å². The van der Waals surface area contributed by atoms with E-state index in [0.717, 1.165) is 31.6 Å². The molecule has 0 aromatic carbocycles. The predicted octanol–water partition coefficient (Wildman–Crippen LogP) is 8.24. The zero-order valence-electron chi connectivity index (χ0n) is 20.7. The first-order valence-corrected chi connectivity index (χ1v) is 13.1. The minimum absolute atomic E-state index is 0.319.